The van der Waals surface area contributed by atoms with Gasteiger partial charge in [0.05, 0.1) is 30.2 Å². The van der Waals surface area contributed by atoms with Crippen LogP contribution in [0.15, 0.2) is 48.7 Å². The number of aromatic nitrogens is 1. The molecule has 1 fully saturated rings. The second kappa shape index (κ2) is 11.6. The van der Waals surface area contributed by atoms with Crippen LogP contribution in [0.3, 0.4) is 0 Å². The number of fused-ring (bicyclic) bond motifs is 1. The number of aryl methyl sites for hydroxylation is 1. The summed E-state index contributed by atoms with van der Waals surface area (Å²) in [5.74, 6) is -1.05. The van der Waals surface area contributed by atoms with Crippen molar-refractivity contribution >= 4 is 33.8 Å². The molecule has 1 amide bonds. The van der Waals surface area contributed by atoms with E-state index in [-0.39, 0.29) is 36.8 Å². The normalized spacial score (nSPS) is 20.9. The van der Waals surface area contributed by atoms with Crippen LogP contribution in [0.5, 0.6) is 11.5 Å². The molecule has 40 heavy (non-hydrogen) atoms. The summed E-state index contributed by atoms with van der Waals surface area (Å²) in [7, 11) is 0. The van der Waals surface area contributed by atoms with Gasteiger partial charge in [-0.2, -0.15) is 0 Å². The minimum absolute atomic E-state index is 0.0556. The summed E-state index contributed by atoms with van der Waals surface area (Å²) in [4.78, 5) is 20.6. The third-order valence-electron chi connectivity index (χ3n) is 6.57. The predicted molar refractivity (Wildman–Crippen MR) is 141 cm³/mol. The van der Waals surface area contributed by atoms with Crippen LogP contribution in [0.2, 0.25) is 0 Å². The Kier molecular flexibility index (Phi) is 8.17. The number of anilines is 3. The van der Waals surface area contributed by atoms with E-state index in [9.17, 15) is 23.1 Å². The first-order valence-corrected chi connectivity index (χ1v) is 13.5. The lowest BCUT2D eigenvalue weighted by atomic mass is 9.96. The van der Waals surface area contributed by atoms with Crippen molar-refractivity contribution in [3.63, 3.8) is 0 Å². The van der Waals surface area contributed by atoms with E-state index < -0.39 is 29.8 Å². The molecule has 5 rings (SSSR count). The molecule has 2 N–H and O–H groups in total. The Hall–Kier alpha value is -3.39. The van der Waals surface area contributed by atoms with Crippen molar-refractivity contribution in [2.75, 3.05) is 36.6 Å². The number of alkyl halides is 3. The third-order valence-corrected chi connectivity index (χ3v) is 7.47. The fraction of sp³-hybridized carbons (Fsp3) is 0.407. The van der Waals surface area contributed by atoms with Crippen molar-refractivity contribution in [3.05, 3.63) is 59.1 Å². The molecule has 0 radical (unpaired) electrons. The van der Waals surface area contributed by atoms with Crippen LogP contribution in [0.4, 0.5) is 29.7 Å². The second-order valence-corrected chi connectivity index (χ2v) is 10.7. The van der Waals surface area contributed by atoms with Crippen molar-refractivity contribution in [2.24, 2.45) is 0 Å². The number of aliphatic hydroxyl groups is 1. The lowest BCUT2D eigenvalue weighted by molar-refractivity contribution is -0.274. The third kappa shape index (κ3) is 6.02. The van der Waals surface area contributed by atoms with Gasteiger partial charge in [-0.25, -0.2) is 4.98 Å². The largest absolute Gasteiger partial charge is 0.573 e. The van der Waals surface area contributed by atoms with Gasteiger partial charge in [-0.1, -0.05) is 18.2 Å². The fourth-order valence-corrected chi connectivity index (χ4v) is 5.52. The molecule has 1 unspecified atom stereocenters. The summed E-state index contributed by atoms with van der Waals surface area (Å²) in [5.41, 5.74) is -0.701. The number of amides is 1. The summed E-state index contributed by atoms with van der Waals surface area (Å²) < 4.78 is 60.7. The molecule has 9 nitrogen and oxygen atoms in total. The average Bonchev–Trinajstić information content (AvgIpc) is 3.37. The van der Waals surface area contributed by atoms with Gasteiger partial charge in [-0.15, -0.1) is 24.5 Å². The van der Waals surface area contributed by atoms with Crippen molar-refractivity contribution in [1.29, 1.82) is 0 Å². The number of benzene rings is 2. The first-order valence-electron chi connectivity index (χ1n) is 12.7. The van der Waals surface area contributed by atoms with Gasteiger partial charge in [-0.05, 0) is 50.5 Å². The summed E-state index contributed by atoms with van der Waals surface area (Å²) in [6, 6.07) is 10.1. The molecule has 0 saturated carbocycles. The summed E-state index contributed by atoms with van der Waals surface area (Å²) in [5, 5.41) is 13.7. The van der Waals surface area contributed by atoms with Gasteiger partial charge < -0.3 is 34.3 Å². The number of carbonyl (C=O) groups is 1. The number of para-hydroxylation sites is 3. The molecule has 3 heterocycles. The van der Waals surface area contributed by atoms with E-state index in [2.05, 4.69) is 15.0 Å². The number of nitrogens with zero attached hydrogens (tertiary/aromatic N) is 2. The van der Waals surface area contributed by atoms with E-state index in [1.165, 1.54) is 35.6 Å². The van der Waals surface area contributed by atoms with E-state index >= 15 is 0 Å². The van der Waals surface area contributed by atoms with Crippen LogP contribution in [-0.2, 0) is 9.47 Å². The minimum Gasteiger partial charge on any atom is -0.488 e. The Morgan fingerprint density at radius 3 is 2.77 bits per heavy atom. The predicted octanol–water partition coefficient (Wildman–Crippen LogP) is 5.41. The first kappa shape index (κ1) is 28.1. The van der Waals surface area contributed by atoms with Gasteiger partial charge >= 0.3 is 6.36 Å². The highest BCUT2D eigenvalue weighted by molar-refractivity contribution is 7.15. The zero-order chi connectivity index (χ0) is 28.3. The van der Waals surface area contributed by atoms with Gasteiger partial charge in [0.25, 0.3) is 5.91 Å². The standard InChI is InChI=1S/C27H28F3N3O6S/c1-17-13-31-25(40-17)33-20-9-6-7-18(24(35)32-19-8-2-3-10-21(19)39-27(28,29)30)23(20)38-16-26(33,14-34)15-37-22-11-4-5-12-36-22/h2-3,6-10,13,22,34H,4-5,11-12,14-16H2,1H3,(H,32,35)/t22?,26-/m1/s1. The molecule has 2 aliphatic heterocycles. The highest BCUT2D eigenvalue weighted by Crippen LogP contribution is 2.46. The molecule has 2 aromatic carbocycles. The molecule has 0 aliphatic carbocycles. The maximum Gasteiger partial charge on any atom is 0.573 e. The molecule has 1 saturated heterocycles. The zero-order valence-corrected chi connectivity index (χ0v) is 22.4. The highest BCUT2D eigenvalue weighted by Gasteiger charge is 2.46. The van der Waals surface area contributed by atoms with E-state index in [0.29, 0.717) is 17.4 Å². The topological polar surface area (TPSA) is 102 Å². The average molecular weight is 580 g/mol. The van der Waals surface area contributed by atoms with Crippen LogP contribution in [0, 0.1) is 6.92 Å². The molecule has 2 aliphatic rings. The van der Waals surface area contributed by atoms with Gasteiger partial charge in [0.1, 0.15) is 12.1 Å². The highest BCUT2D eigenvalue weighted by atomic mass is 32.1. The second-order valence-electron chi connectivity index (χ2n) is 9.52. The quantitative estimate of drug-likeness (QED) is 0.366. The Morgan fingerprint density at radius 1 is 1.25 bits per heavy atom. The smallest absolute Gasteiger partial charge is 0.488 e. The number of ether oxygens (including phenoxy) is 4. The molecule has 214 valence electrons. The maximum absolute atomic E-state index is 13.4. The van der Waals surface area contributed by atoms with Crippen molar-refractivity contribution in [3.8, 4) is 11.5 Å². The molecule has 0 spiro atoms. The van der Waals surface area contributed by atoms with E-state index in [1.54, 1.807) is 18.3 Å². The minimum atomic E-state index is -4.93. The fourth-order valence-electron chi connectivity index (χ4n) is 4.64. The van der Waals surface area contributed by atoms with Crippen LogP contribution in [-0.4, -0.2) is 60.6 Å². The number of hydrogen-bond acceptors (Lipinski definition) is 9. The molecule has 2 atom stereocenters. The van der Waals surface area contributed by atoms with Gasteiger partial charge in [0.2, 0.25) is 0 Å². The molecular formula is C27H28F3N3O6S. The lowest BCUT2D eigenvalue weighted by Gasteiger charge is -2.46. The Balaban J connectivity index is 1.48. The Morgan fingerprint density at radius 2 is 2.08 bits per heavy atom. The summed E-state index contributed by atoms with van der Waals surface area (Å²) in [6.45, 7) is 2.15. The molecule has 3 aromatic rings. The first-order chi connectivity index (χ1) is 19.2. The van der Waals surface area contributed by atoms with E-state index in [4.69, 9.17) is 14.2 Å². The number of nitrogens with one attached hydrogen (secondary N) is 1. The van der Waals surface area contributed by atoms with E-state index in [0.717, 1.165) is 30.2 Å². The van der Waals surface area contributed by atoms with Gasteiger partial charge in [0.15, 0.2) is 22.9 Å². The maximum atomic E-state index is 13.4. The van der Waals surface area contributed by atoms with Crippen LogP contribution in [0.1, 0.15) is 34.5 Å². The van der Waals surface area contributed by atoms with Crippen LogP contribution < -0.4 is 19.7 Å². The molecule has 13 heteroatoms. The Labute approximate surface area is 232 Å². The number of hydrogen-bond donors (Lipinski definition) is 2. The van der Waals surface area contributed by atoms with Gasteiger partial charge in [0, 0.05) is 17.7 Å². The van der Waals surface area contributed by atoms with Gasteiger partial charge in [-0.3, -0.25) is 4.79 Å². The summed E-state index contributed by atoms with van der Waals surface area (Å²) in [6.07, 6.45) is -0.962. The lowest BCUT2D eigenvalue weighted by Crippen LogP contribution is -2.60. The molecule has 1 aromatic heterocycles. The SMILES string of the molecule is Cc1cnc(N2c3cccc(C(=O)Nc4ccccc4OC(F)(F)F)c3OC[C@@]2(CO)COC2CCCCO2)s1. The van der Waals surface area contributed by atoms with Crippen LogP contribution >= 0.6 is 11.3 Å². The molecular weight excluding hydrogens is 551 g/mol. The molecule has 0 bridgehead atoms. The number of halogens is 3. The van der Waals surface area contributed by atoms with Crippen molar-refractivity contribution in [2.45, 2.75) is 44.4 Å². The van der Waals surface area contributed by atoms with Crippen LogP contribution in [0.25, 0.3) is 0 Å². The summed E-state index contributed by atoms with van der Waals surface area (Å²) >= 11 is 1.40. The van der Waals surface area contributed by atoms with Crippen molar-refractivity contribution in [1.82, 2.24) is 4.98 Å². The number of thiazole rings is 1. The van der Waals surface area contributed by atoms with Crippen molar-refractivity contribution < 1.29 is 42.0 Å². The van der Waals surface area contributed by atoms with E-state index in [1.807, 2.05) is 11.8 Å². The number of rotatable bonds is 8. The zero-order valence-electron chi connectivity index (χ0n) is 21.6. The number of carbonyl (C=O) groups excluding carboxylic acids is 1. The monoisotopic (exact) mass is 579 g/mol. The number of aliphatic hydroxyl groups excluding tert-OH is 1. The Bertz CT molecular complexity index is 1350.